The second kappa shape index (κ2) is 6.06. The third-order valence-corrected chi connectivity index (χ3v) is 3.55. The molecule has 0 fully saturated rings. The number of hydrogen-bond acceptors (Lipinski definition) is 3. The summed E-state index contributed by atoms with van der Waals surface area (Å²) in [6.07, 6.45) is 3.68. The van der Waals surface area contributed by atoms with E-state index in [9.17, 15) is 0 Å². The van der Waals surface area contributed by atoms with Crippen LogP contribution in [-0.2, 0) is 0 Å². The van der Waals surface area contributed by atoms with Crippen molar-refractivity contribution in [2.75, 3.05) is 12.4 Å². The van der Waals surface area contributed by atoms with Gasteiger partial charge in [-0.25, -0.2) is 0 Å². The molecule has 2 rings (SSSR count). The highest BCUT2D eigenvalue weighted by Gasteiger charge is 2.08. The number of aryl methyl sites for hydroxylation is 1. The van der Waals surface area contributed by atoms with Gasteiger partial charge < -0.3 is 10.1 Å². The van der Waals surface area contributed by atoms with Gasteiger partial charge in [-0.1, -0.05) is 6.07 Å². The molecule has 0 spiro atoms. The zero-order chi connectivity index (χ0) is 13.8. The lowest BCUT2D eigenvalue weighted by atomic mass is 10.1. The summed E-state index contributed by atoms with van der Waals surface area (Å²) in [6, 6.07) is 8.38. The molecule has 3 nitrogen and oxygen atoms in total. The third kappa shape index (κ3) is 3.47. The Hall–Kier alpha value is -1.55. The number of hydrogen-bond donors (Lipinski definition) is 1. The maximum absolute atomic E-state index is 5.24. The average molecular weight is 321 g/mol. The zero-order valence-electron chi connectivity index (χ0n) is 11.3. The van der Waals surface area contributed by atoms with Gasteiger partial charge in [-0.15, -0.1) is 0 Å². The Balaban J connectivity index is 2.15. The normalized spacial score (nSPS) is 12.0. The first-order valence-corrected chi connectivity index (χ1v) is 6.91. The van der Waals surface area contributed by atoms with E-state index in [0.717, 1.165) is 21.5 Å². The van der Waals surface area contributed by atoms with Gasteiger partial charge in [0.15, 0.2) is 0 Å². The van der Waals surface area contributed by atoms with E-state index in [-0.39, 0.29) is 6.04 Å². The highest BCUT2D eigenvalue weighted by Crippen LogP contribution is 2.29. The molecule has 1 atom stereocenters. The SMILES string of the molecule is COc1ccc(C(C)Nc2cncc(C)c2)cc1Br. The van der Waals surface area contributed by atoms with Crippen LogP contribution in [0.5, 0.6) is 5.75 Å². The highest BCUT2D eigenvalue weighted by molar-refractivity contribution is 9.10. The lowest BCUT2D eigenvalue weighted by Crippen LogP contribution is -2.07. The summed E-state index contributed by atoms with van der Waals surface area (Å²) >= 11 is 3.51. The molecule has 1 aromatic carbocycles. The fraction of sp³-hybridized carbons (Fsp3) is 0.267. The number of rotatable bonds is 4. The minimum atomic E-state index is 0.200. The van der Waals surface area contributed by atoms with Crippen LogP contribution in [0.15, 0.2) is 41.1 Å². The predicted octanol–water partition coefficient (Wildman–Crippen LogP) is 4.33. The van der Waals surface area contributed by atoms with Crippen molar-refractivity contribution < 1.29 is 4.74 Å². The van der Waals surface area contributed by atoms with Crippen molar-refractivity contribution in [2.45, 2.75) is 19.9 Å². The minimum Gasteiger partial charge on any atom is -0.496 e. The fourth-order valence-corrected chi connectivity index (χ4v) is 2.48. The van der Waals surface area contributed by atoms with Crippen LogP contribution < -0.4 is 10.1 Å². The molecule has 4 heteroatoms. The number of nitrogens with one attached hydrogen (secondary N) is 1. The maximum Gasteiger partial charge on any atom is 0.133 e. The number of nitrogens with zero attached hydrogens (tertiary/aromatic N) is 1. The van der Waals surface area contributed by atoms with Crippen LogP contribution in [0.3, 0.4) is 0 Å². The van der Waals surface area contributed by atoms with Gasteiger partial charge in [0.25, 0.3) is 0 Å². The number of halogens is 1. The minimum absolute atomic E-state index is 0.200. The van der Waals surface area contributed by atoms with Gasteiger partial charge in [0.1, 0.15) is 5.75 Å². The third-order valence-electron chi connectivity index (χ3n) is 2.93. The Kier molecular flexibility index (Phi) is 4.43. The van der Waals surface area contributed by atoms with Gasteiger partial charge in [0.05, 0.1) is 17.3 Å². The Morgan fingerprint density at radius 3 is 2.68 bits per heavy atom. The molecule has 0 aliphatic carbocycles. The Morgan fingerprint density at radius 1 is 1.26 bits per heavy atom. The van der Waals surface area contributed by atoms with E-state index in [1.54, 1.807) is 7.11 Å². The largest absolute Gasteiger partial charge is 0.496 e. The van der Waals surface area contributed by atoms with Crippen LogP contribution in [0.2, 0.25) is 0 Å². The molecule has 100 valence electrons. The lowest BCUT2D eigenvalue weighted by Gasteiger charge is -2.17. The van der Waals surface area contributed by atoms with E-state index in [0.29, 0.717) is 0 Å². The molecule has 0 aliphatic rings. The quantitative estimate of drug-likeness (QED) is 0.910. The summed E-state index contributed by atoms with van der Waals surface area (Å²) in [5, 5.41) is 3.44. The smallest absolute Gasteiger partial charge is 0.133 e. The summed E-state index contributed by atoms with van der Waals surface area (Å²) in [7, 11) is 1.67. The van der Waals surface area contributed by atoms with E-state index >= 15 is 0 Å². The molecule has 1 N–H and O–H groups in total. The van der Waals surface area contributed by atoms with Crippen molar-refractivity contribution in [1.82, 2.24) is 4.98 Å². The van der Waals surface area contributed by atoms with E-state index in [2.05, 4.69) is 51.4 Å². The van der Waals surface area contributed by atoms with Crippen molar-refractivity contribution in [3.8, 4) is 5.75 Å². The van der Waals surface area contributed by atoms with Crippen molar-refractivity contribution >= 4 is 21.6 Å². The Labute approximate surface area is 122 Å². The second-order valence-corrected chi connectivity index (χ2v) is 5.37. The second-order valence-electron chi connectivity index (χ2n) is 4.51. The molecule has 0 radical (unpaired) electrons. The fourth-order valence-electron chi connectivity index (χ4n) is 1.92. The summed E-state index contributed by atoms with van der Waals surface area (Å²) in [5.74, 6) is 0.841. The van der Waals surface area contributed by atoms with Crippen molar-refractivity contribution in [3.63, 3.8) is 0 Å². The number of benzene rings is 1. The van der Waals surface area contributed by atoms with Gasteiger partial charge in [-0.3, -0.25) is 4.98 Å². The molecule has 2 aromatic rings. The van der Waals surface area contributed by atoms with Crippen LogP contribution in [-0.4, -0.2) is 12.1 Å². The van der Waals surface area contributed by atoms with E-state index in [4.69, 9.17) is 4.74 Å². The number of methoxy groups -OCH3 is 1. The van der Waals surface area contributed by atoms with Crippen LogP contribution >= 0.6 is 15.9 Å². The number of pyridine rings is 1. The molecule has 0 aliphatic heterocycles. The molecule has 0 amide bonds. The first-order chi connectivity index (χ1) is 9.10. The summed E-state index contributed by atoms with van der Waals surface area (Å²) < 4.78 is 6.20. The summed E-state index contributed by atoms with van der Waals surface area (Å²) in [4.78, 5) is 4.18. The first-order valence-electron chi connectivity index (χ1n) is 6.12. The van der Waals surface area contributed by atoms with Gasteiger partial charge in [-0.2, -0.15) is 0 Å². The topological polar surface area (TPSA) is 34.1 Å². The van der Waals surface area contributed by atoms with Crippen LogP contribution in [0, 0.1) is 6.92 Å². The summed E-state index contributed by atoms with van der Waals surface area (Å²) in [5.41, 5.74) is 3.36. The molecule has 0 saturated carbocycles. The van der Waals surface area contributed by atoms with Crippen LogP contribution in [0.4, 0.5) is 5.69 Å². The first kappa shape index (κ1) is 13.9. The van der Waals surface area contributed by atoms with Crippen LogP contribution in [0.1, 0.15) is 24.1 Å². The van der Waals surface area contributed by atoms with E-state index in [1.807, 2.05) is 25.4 Å². The van der Waals surface area contributed by atoms with Crippen LogP contribution in [0.25, 0.3) is 0 Å². The molecule has 1 unspecified atom stereocenters. The van der Waals surface area contributed by atoms with Crippen molar-refractivity contribution in [2.24, 2.45) is 0 Å². The molecular weight excluding hydrogens is 304 g/mol. The standard InChI is InChI=1S/C15H17BrN2O/c1-10-6-13(9-17-8-10)18-11(2)12-4-5-15(19-3)14(16)7-12/h4-9,11,18H,1-3H3. The van der Waals surface area contributed by atoms with Gasteiger partial charge >= 0.3 is 0 Å². The highest BCUT2D eigenvalue weighted by atomic mass is 79.9. The predicted molar refractivity (Wildman–Crippen MR) is 81.7 cm³/mol. The Bertz CT molecular complexity index is 572. The Morgan fingerprint density at radius 2 is 2.05 bits per heavy atom. The van der Waals surface area contributed by atoms with Gasteiger partial charge in [-0.05, 0) is 59.1 Å². The number of anilines is 1. The van der Waals surface area contributed by atoms with Crippen molar-refractivity contribution in [1.29, 1.82) is 0 Å². The van der Waals surface area contributed by atoms with E-state index in [1.165, 1.54) is 5.56 Å². The lowest BCUT2D eigenvalue weighted by molar-refractivity contribution is 0.412. The zero-order valence-corrected chi connectivity index (χ0v) is 12.9. The number of ether oxygens (including phenoxy) is 1. The molecule has 19 heavy (non-hydrogen) atoms. The maximum atomic E-state index is 5.24. The number of aromatic nitrogens is 1. The molecule has 0 saturated heterocycles. The van der Waals surface area contributed by atoms with Gasteiger partial charge in [0, 0.05) is 18.4 Å². The van der Waals surface area contributed by atoms with E-state index < -0.39 is 0 Å². The summed E-state index contributed by atoms with van der Waals surface area (Å²) in [6.45, 7) is 4.16. The molecular formula is C15H17BrN2O. The molecule has 1 aromatic heterocycles. The average Bonchev–Trinajstić information content (AvgIpc) is 2.38. The molecule has 1 heterocycles. The van der Waals surface area contributed by atoms with Crippen molar-refractivity contribution in [3.05, 3.63) is 52.3 Å². The monoisotopic (exact) mass is 320 g/mol. The van der Waals surface area contributed by atoms with Gasteiger partial charge in [0.2, 0.25) is 0 Å². The molecule has 0 bridgehead atoms.